The van der Waals surface area contributed by atoms with Crippen molar-refractivity contribution in [3.8, 4) is 0 Å². The second kappa shape index (κ2) is 4.56. The molecule has 0 fully saturated rings. The van der Waals surface area contributed by atoms with Crippen LogP contribution >= 0.6 is 0 Å². The summed E-state index contributed by atoms with van der Waals surface area (Å²) in [4.78, 5) is 26.2. The number of aliphatic hydroxyl groups excluding tert-OH is 1. The lowest BCUT2D eigenvalue weighted by atomic mass is 10.2. The number of carbonyl (C=O) groups is 2. The Hall–Kier alpha value is -1.89. The lowest BCUT2D eigenvalue weighted by Crippen LogP contribution is -2.46. The summed E-state index contributed by atoms with van der Waals surface area (Å²) in [5.41, 5.74) is 4.79. The number of primary amides is 1. The molecule has 0 aliphatic carbocycles. The molecule has 0 saturated carbocycles. The number of hydrogen-bond donors (Lipinski definition) is 2. The van der Waals surface area contributed by atoms with Gasteiger partial charge < -0.3 is 20.5 Å². The lowest BCUT2D eigenvalue weighted by molar-refractivity contribution is -0.146. The standard InChI is InChI=1S/C8H11N3O4/c1-5(12)15-4-11-3-2-10-6(7(9)13)8(11)14/h2-3,8,14H,4H2,1H3,(H2,9,13). The van der Waals surface area contributed by atoms with E-state index in [1.54, 1.807) is 0 Å². The molecule has 1 rings (SSSR count). The van der Waals surface area contributed by atoms with Crippen LogP contribution < -0.4 is 5.73 Å². The average Bonchev–Trinajstić information content (AvgIpc) is 2.15. The van der Waals surface area contributed by atoms with Gasteiger partial charge >= 0.3 is 5.97 Å². The third-order valence-corrected chi connectivity index (χ3v) is 1.70. The van der Waals surface area contributed by atoms with Crippen LogP contribution in [0.1, 0.15) is 6.92 Å². The van der Waals surface area contributed by atoms with Crippen LogP contribution in [0.4, 0.5) is 0 Å². The van der Waals surface area contributed by atoms with Crippen molar-refractivity contribution in [2.75, 3.05) is 6.73 Å². The number of hydrogen-bond acceptors (Lipinski definition) is 6. The molecule has 0 aromatic carbocycles. The van der Waals surface area contributed by atoms with Crippen LogP contribution in [0.3, 0.4) is 0 Å². The van der Waals surface area contributed by atoms with Crippen LogP contribution in [0.5, 0.6) is 0 Å². The molecule has 0 bridgehead atoms. The van der Waals surface area contributed by atoms with Crippen molar-refractivity contribution in [3.63, 3.8) is 0 Å². The summed E-state index contributed by atoms with van der Waals surface area (Å²) in [6.07, 6.45) is 1.39. The number of carbonyl (C=O) groups excluding carboxylic acids is 2. The zero-order valence-corrected chi connectivity index (χ0v) is 8.08. The van der Waals surface area contributed by atoms with Gasteiger partial charge in [0.15, 0.2) is 18.7 Å². The Morgan fingerprint density at radius 1 is 1.73 bits per heavy atom. The first-order valence-electron chi connectivity index (χ1n) is 4.13. The second-order valence-electron chi connectivity index (χ2n) is 2.83. The maximum Gasteiger partial charge on any atom is 0.304 e. The third-order valence-electron chi connectivity index (χ3n) is 1.70. The molecule has 3 N–H and O–H groups in total. The highest BCUT2D eigenvalue weighted by atomic mass is 16.5. The Bertz CT molecular complexity index is 337. The minimum Gasteiger partial charge on any atom is -0.444 e. The van der Waals surface area contributed by atoms with Gasteiger partial charge in [-0.05, 0) is 0 Å². The third kappa shape index (κ3) is 2.78. The molecule has 15 heavy (non-hydrogen) atoms. The van der Waals surface area contributed by atoms with Crippen molar-refractivity contribution in [2.45, 2.75) is 13.2 Å². The topological polar surface area (TPSA) is 105 Å². The molecule has 0 spiro atoms. The number of nitrogens with zero attached hydrogens (tertiary/aromatic N) is 2. The van der Waals surface area contributed by atoms with Gasteiger partial charge in [0.2, 0.25) is 0 Å². The summed E-state index contributed by atoms with van der Waals surface area (Å²) in [6.45, 7) is 1.07. The number of aliphatic imine (C=N–C) groups is 1. The summed E-state index contributed by atoms with van der Waals surface area (Å²) < 4.78 is 4.65. The van der Waals surface area contributed by atoms with Gasteiger partial charge in [0.25, 0.3) is 5.91 Å². The molecular weight excluding hydrogens is 202 g/mol. The smallest absolute Gasteiger partial charge is 0.304 e. The largest absolute Gasteiger partial charge is 0.444 e. The van der Waals surface area contributed by atoms with Gasteiger partial charge in [-0.2, -0.15) is 0 Å². The summed E-state index contributed by atoms with van der Waals surface area (Å²) in [5.74, 6) is -1.31. The molecule has 7 heteroatoms. The van der Waals surface area contributed by atoms with Crippen molar-refractivity contribution in [3.05, 3.63) is 12.4 Å². The van der Waals surface area contributed by atoms with Gasteiger partial charge in [0, 0.05) is 19.3 Å². The summed E-state index contributed by atoms with van der Waals surface area (Å²) in [7, 11) is 0. The van der Waals surface area contributed by atoms with Crippen LogP contribution in [-0.2, 0) is 14.3 Å². The number of esters is 1. The molecule has 1 heterocycles. The van der Waals surface area contributed by atoms with Crippen LogP contribution in [0.25, 0.3) is 0 Å². The van der Waals surface area contributed by atoms with E-state index in [2.05, 4.69) is 9.73 Å². The van der Waals surface area contributed by atoms with Crippen LogP contribution in [-0.4, -0.2) is 40.6 Å². The van der Waals surface area contributed by atoms with Crippen molar-refractivity contribution in [1.29, 1.82) is 0 Å². The average molecular weight is 213 g/mol. The fourth-order valence-electron chi connectivity index (χ4n) is 0.974. The molecule has 0 radical (unpaired) electrons. The van der Waals surface area contributed by atoms with E-state index in [4.69, 9.17) is 5.73 Å². The first-order chi connectivity index (χ1) is 7.02. The Morgan fingerprint density at radius 3 is 2.93 bits per heavy atom. The molecule has 0 saturated heterocycles. The van der Waals surface area contributed by atoms with Crippen molar-refractivity contribution in [1.82, 2.24) is 4.90 Å². The Balaban J connectivity index is 2.64. The predicted octanol–water partition coefficient (Wildman–Crippen LogP) is -1.46. The zero-order chi connectivity index (χ0) is 11.4. The number of amides is 1. The fraction of sp³-hybridized carbons (Fsp3) is 0.375. The van der Waals surface area contributed by atoms with Gasteiger partial charge in [-0.25, -0.2) is 4.99 Å². The van der Waals surface area contributed by atoms with E-state index in [9.17, 15) is 14.7 Å². The monoisotopic (exact) mass is 213 g/mol. The minimum absolute atomic E-state index is 0.167. The number of aliphatic hydroxyl groups is 1. The molecule has 0 aromatic heterocycles. The van der Waals surface area contributed by atoms with E-state index in [-0.39, 0.29) is 12.4 Å². The summed E-state index contributed by atoms with van der Waals surface area (Å²) >= 11 is 0. The number of rotatable bonds is 3. The highest BCUT2D eigenvalue weighted by Crippen LogP contribution is 2.06. The van der Waals surface area contributed by atoms with E-state index in [1.165, 1.54) is 24.2 Å². The maximum absolute atomic E-state index is 10.8. The molecule has 1 aliphatic heterocycles. The SMILES string of the molecule is CC(=O)OCN1C=CN=C(C(N)=O)C1O. The summed E-state index contributed by atoms with van der Waals surface area (Å²) in [5, 5.41) is 9.56. The van der Waals surface area contributed by atoms with E-state index in [0.717, 1.165) is 0 Å². The normalized spacial score (nSPS) is 19.7. The Kier molecular flexibility index (Phi) is 3.40. The van der Waals surface area contributed by atoms with E-state index in [1.807, 2.05) is 0 Å². The van der Waals surface area contributed by atoms with E-state index < -0.39 is 18.1 Å². The first kappa shape index (κ1) is 11.2. The number of ether oxygens (including phenoxy) is 1. The zero-order valence-electron chi connectivity index (χ0n) is 8.08. The van der Waals surface area contributed by atoms with Gasteiger partial charge in [-0.3, -0.25) is 9.59 Å². The highest BCUT2D eigenvalue weighted by Gasteiger charge is 2.25. The summed E-state index contributed by atoms with van der Waals surface area (Å²) in [6, 6.07) is 0. The molecular formula is C8H11N3O4. The molecule has 1 aliphatic rings. The molecule has 0 aromatic rings. The van der Waals surface area contributed by atoms with Crippen LogP contribution in [0.15, 0.2) is 17.4 Å². The van der Waals surface area contributed by atoms with Gasteiger partial charge in [0.1, 0.15) is 0 Å². The van der Waals surface area contributed by atoms with Crippen molar-refractivity contribution >= 4 is 17.6 Å². The Labute approximate surface area is 85.8 Å². The van der Waals surface area contributed by atoms with Gasteiger partial charge in [-0.15, -0.1) is 0 Å². The van der Waals surface area contributed by atoms with Crippen LogP contribution in [0.2, 0.25) is 0 Å². The van der Waals surface area contributed by atoms with Crippen LogP contribution in [0, 0.1) is 0 Å². The maximum atomic E-state index is 10.8. The minimum atomic E-state index is -1.29. The predicted molar refractivity (Wildman–Crippen MR) is 50.2 cm³/mol. The lowest BCUT2D eigenvalue weighted by Gasteiger charge is -2.27. The van der Waals surface area contributed by atoms with Crippen molar-refractivity contribution < 1.29 is 19.4 Å². The van der Waals surface area contributed by atoms with Gasteiger partial charge in [0.05, 0.1) is 0 Å². The van der Waals surface area contributed by atoms with E-state index in [0.29, 0.717) is 0 Å². The molecule has 7 nitrogen and oxygen atoms in total. The Morgan fingerprint density at radius 2 is 2.40 bits per heavy atom. The quantitative estimate of drug-likeness (QED) is 0.557. The van der Waals surface area contributed by atoms with Gasteiger partial charge in [-0.1, -0.05) is 0 Å². The highest BCUT2D eigenvalue weighted by molar-refractivity contribution is 6.40. The van der Waals surface area contributed by atoms with E-state index >= 15 is 0 Å². The fourth-order valence-corrected chi connectivity index (χ4v) is 0.974. The first-order valence-corrected chi connectivity index (χ1v) is 4.13. The number of nitrogens with two attached hydrogens (primary N) is 1. The second-order valence-corrected chi connectivity index (χ2v) is 2.83. The molecule has 1 amide bonds. The molecule has 1 atom stereocenters. The van der Waals surface area contributed by atoms with Crippen molar-refractivity contribution in [2.24, 2.45) is 10.7 Å². The molecule has 82 valence electrons. The molecule has 1 unspecified atom stereocenters.